The minimum Gasteiger partial charge on any atom is -0.382 e. The highest BCUT2D eigenvalue weighted by molar-refractivity contribution is 5.44. The summed E-state index contributed by atoms with van der Waals surface area (Å²) in [5.41, 5.74) is 6.30. The normalized spacial score (nSPS) is 25.4. The highest BCUT2D eigenvalue weighted by Gasteiger charge is 2.18. The van der Waals surface area contributed by atoms with Crippen molar-refractivity contribution < 1.29 is 8.78 Å². The number of hydrogen-bond acceptors (Lipinski definition) is 2. The molecule has 0 aliphatic heterocycles. The first-order chi connectivity index (χ1) is 7.63. The van der Waals surface area contributed by atoms with Gasteiger partial charge in [0.25, 0.3) is 0 Å². The summed E-state index contributed by atoms with van der Waals surface area (Å²) in [4.78, 5) is 0. The maximum Gasteiger partial charge on any atom is 0.128 e. The second-order valence-electron chi connectivity index (χ2n) is 4.41. The second-order valence-corrected chi connectivity index (χ2v) is 4.41. The Morgan fingerprint density at radius 3 is 2.12 bits per heavy atom. The monoisotopic (exact) mass is 226 g/mol. The Morgan fingerprint density at radius 1 is 1.00 bits per heavy atom. The Hall–Kier alpha value is -1.16. The minimum atomic E-state index is -0.546. The van der Waals surface area contributed by atoms with Crippen molar-refractivity contribution in [3.8, 4) is 0 Å². The molecule has 1 aromatic carbocycles. The lowest BCUT2D eigenvalue weighted by atomic mass is 9.92. The average Bonchev–Trinajstić information content (AvgIpc) is 2.20. The molecule has 1 aliphatic carbocycles. The summed E-state index contributed by atoms with van der Waals surface area (Å²) < 4.78 is 25.9. The van der Waals surface area contributed by atoms with Crippen LogP contribution >= 0.6 is 0 Å². The molecule has 0 saturated heterocycles. The molecule has 1 aliphatic rings. The average molecular weight is 226 g/mol. The van der Waals surface area contributed by atoms with Gasteiger partial charge in [0.2, 0.25) is 0 Å². The van der Waals surface area contributed by atoms with Crippen molar-refractivity contribution >= 4 is 5.69 Å². The van der Waals surface area contributed by atoms with Gasteiger partial charge in [-0.05, 0) is 37.8 Å². The fourth-order valence-electron chi connectivity index (χ4n) is 2.14. The standard InChI is InChI=1S/C12H16F2N2/c13-8-5-9(14)7-12(6-8)16-11-3-1-10(15)2-4-11/h5-7,10-11,16H,1-4,15H2. The van der Waals surface area contributed by atoms with Gasteiger partial charge in [-0.3, -0.25) is 0 Å². The molecule has 1 fully saturated rings. The first kappa shape index (κ1) is 11.3. The molecule has 2 rings (SSSR count). The van der Waals surface area contributed by atoms with E-state index in [4.69, 9.17) is 5.73 Å². The fraction of sp³-hybridized carbons (Fsp3) is 0.500. The van der Waals surface area contributed by atoms with E-state index in [2.05, 4.69) is 5.32 Å². The van der Waals surface area contributed by atoms with E-state index in [1.165, 1.54) is 12.1 Å². The molecule has 0 radical (unpaired) electrons. The number of anilines is 1. The van der Waals surface area contributed by atoms with Crippen LogP contribution in [0.2, 0.25) is 0 Å². The van der Waals surface area contributed by atoms with Crippen molar-refractivity contribution in [1.29, 1.82) is 0 Å². The molecule has 1 saturated carbocycles. The number of hydrogen-bond donors (Lipinski definition) is 2. The van der Waals surface area contributed by atoms with Gasteiger partial charge in [-0.15, -0.1) is 0 Å². The highest BCUT2D eigenvalue weighted by atomic mass is 19.1. The van der Waals surface area contributed by atoms with Crippen molar-refractivity contribution in [2.24, 2.45) is 5.73 Å². The van der Waals surface area contributed by atoms with Gasteiger partial charge < -0.3 is 11.1 Å². The summed E-state index contributed by atoms with van der Waals surface area (Å²) in [6, 6.07) is 4.07. The Kier molecular flexibility index (Phi) is 3.39. The van der Waals surface area contributed by atoms with Crippen LogP contribution < -0.4 is 11.1 Å². The number of rotatable bonds is 2. The summed E-state index contributed by atoms with van der Waals surface area (Å²) in [6.07, 6.45) is 3.85. The molecule has 0 aromatic heterocycles. The Labute approximate surface area is 93.8 Å². The van der Waals surface area contributed by atoms with Crippen LogP contribution in [0.5, 0.6) is 0 Å². The van der Waals surface area contributed by atoms with Crippen LogP contribution in [-0.4, -0.2) is 12.1 Å². The fourth-order valence-corrected chi connectivity index (χ4v) is 2.14. The predicted molar refractivity (Wildman–Crippen MR) is 60.2 cm³/mol. The molecule has 0 bridgehead atoms. The van der Waals surface area contributed by atoms with E-state index < -0.39 is 11.6 Å². The van der Waals surface area contributed by atoms with Gasteiger partial charge in [0, 0.05) is 23.8 Å². The van der Waals surface area contributed by atoms with E-state index in [-0.39, 0.29) is 12.1 Å². The second kappa shape index (κ2) is 4.78. The first-order valence-electron chi connectivity index (χ1n) is 5.62. The Bertz CT molecular complexity index is 340. The number of nitrogens with one attached hydrogen (secondary N) is 1. The number of halogens is 2. The minimum absolute atomic E-state index is 0.279. The van der Waals surface area contributed by atoms with Crippen molar-refractivity contribution in [2.75, 3.05) is 5.32 Å². The van der Waals surface area contributed by atoms with Crippen LogP contribution in [0.25, 0.3) is 0 Å². The molecule has 0 unspecified atom stereocenters. The van der Waals surface area contributed by atoms with Gasteiger partial charge in [0.05, 0.1) is 0 Å². The third-order valence-electron chi connectivity index (χ3n) is 3.01. The van der Waals surface area contributed by atoms with E-state index in [9.17, 15) is 8.78 Å². The zero-order valence-corrected chi connectivity index (χ0v) is 9.05. The molecule has 1 aromatic rings. The predicted octanol–water partition coefficient (Wildman–Crippen LogP) is 2.65. The molecule has 88 valence electrons. The van der Waals surface area contributed by atoms with Gasteiger partial charge in [0.15, 0.2) is 0 Å². The van der Waals surface area contributed by atoms with E-state index in [0.29, 0.717) is 5.69 Å². The lowest BCUT2D eigenvalue weighted by Gasteiger charge is -2.27. The number of benzene rings is 1. The van der Waals surface area contributed by atoms with E-state index in [1.54, 1.807) is 0 Å². The summed E-state index contributed by atoms with van der Waals surface area (Å²) >= 11 is 0. The largest absolute Gasteiger partial charge is 0.382 e. The molecule has 0 amide bonds. The third-order valence-corrected chi connectivity index (χ3v) is 3.01. The van der Waals surface area contributed by atoms with E-state index in [0.717, 1.165) is 31.7 Å². The third kappa shape index (κ3) is 2.92. The van der Waals surface area contributed by atoms with Crippen LogP contribution in [0.1, 0.15) is 25.7 Å². The van der Waals surface area contributed by atoms with Crippen LogP contribution in [0.4, 0.5) is 14.5 Å². The lowest BCUT2D eigenvalue weighted by Crippen LogP contribution is -2.32. The summed E-state index contributed by atoms with van der Waals surface area (Å²) in [5.74, 6) is -1.09. The van der Waals surface area contributed by atoms with Gasteiger partial charge >= 0.3 is 0 Å². The smallest absolute Gasteiger partial charge is 0.128 e. The van der Waals surface area contributed by atoms with Crippen molar-refractivity contribution in [1.82, 2.24) is 0 Å². The van der Waals surface area contributed by atoms with Gasteiger partial charge in [0.1, 0.15) is 11.6 Å². The van der Waals surface area contributed by atoms with Crippen LogP contribution in [0, 0.1) is 11.6 Å². The summed E-state index contributed by atoms with van der Waals surface area (Å²) in [6.45, 7) is 0. The van der Waals surface area contributed by atoms with Crippen molar-refractivity contribution in [3.63, 3.8) is 0 Å². The molecule has 0 heterocycles. The molecule has 0 spiro atoms. The van der Waals surface area contributed by atoms with Crippen LogP contribution in [0.15, 0.2) is 18.2 Å². The summed E-state index contributed by atoms with van der Waals surface area (Å²) in [7, 11) is 0. The highest BCUT2D eigenvalue weighted by Crippen LogP contribution is 2.22. The quantitative estimate of drug-likeness (QED) is 0.813. The van der Waals surface area contributed by atoms with Crippen molar-refractivity contribution in [2.45, 2.75) is 37.8 Å². The maximum absolute atomic E-state index is 12.9. The Balaban J connectivity index is 1.98. The number of nitrogens with two attached hydrogens (primary N) is 1. The lowest BCUT2D eigenvalue weighted by molar-refractivity contribution is 0.411. The maximum atomic E-state index is 12.9. The molecular weight excluding hydrogens is 210 g/mol. The van der Waals surface area contributed by atoms with Crippen LogP contribution in [0.3, 0.4) is 0 Å². The van der Waals surface area contributed by atoms with Crippen LogP contribution in [-0.2, 0) is 0 Å². The molecular formula is C12H16F2N2. The summed E-state index contributed by atoms with van der Waals surface area (Å²) in [5, 5.41) is 3.15. The Morgan fingerprint density at radius 2 is 1.56 bits per heavy atom. The molecule has 4 heteroatoms. The van der Waals surface area contributed by atoms with Crippen molar-refractivity contribution in [3.05, 3.63) is 29.8 Å². The van der Waals surface area contributed by atoms with E-state index >= 15 is 0 Å². The van der Waals surface area contributed by atoms with Gasteiger partial charge in [-0.2, -0.15) is 0 Å². The van der Waals surface area contributed by atoms with Gasteiger partial charge in [-0.25, -0.2) is 8.78 Å². The molecule has 2 nitrogen and oxygen atoms in total. The first-order valence-corrected chi connectivity index (χ1v) is 5.62. The zero-order chi connectivity index (χ0) is 11.5. The molecule has 0 atom stereocenters. The SMILES string of the molecule is NC1CCC(Nc2cc(F)cc(F)c2)CC1. The topological polar surface area (TPSA) is 38.0 Å². The van der Waals surface area contributed by atoms with E-state index in [1.807, 2.05) is 0 Å². The zero-order valence-electron chi connectivity index (χ0n) is 9.05. The molecule has 16 heavy (non-hydrogen) atoms. The molecule has 3 N–H and O–H groups in total. The van der Waals surface area contributed by atoms with Gasteiger partial charge in [-0.1, -0.05) is 0 Å².